The number of benzene rings is 1. The number of nitrogens with zero attached hydrogens (tertiary/aromatic N) is 1. The summed E-state index contributed by atoms with van der Waals surface area (Å²) in [4.78, 5) is 0. The first-order valence-electron chi connectivity index (χ1n) is 5.42. The van der Waals surface area contributed by atoms with Crippen LogP contribution >= 0.6 is 0 Å². The summed E-state index contributed by atoms with van der Waals surface area (Å²) in [5, 5.41) is 17.8. The van der Waals surface area contributed by atoms with E-state index in [2.05, 4.69) is 13.8 Å². The predicted molar refractivity (Wildman–Crippen MR) is 62.3 cm³/mol. The molecule has 1 atom stereocenters. The average Bonchev–Trinajstić information content (AvgIpc) is 2.27. The fourth-order valence-corrected chi connectivity index (χ4v) is 1.44. The Kier molecular flexibility index (Phi) is 4.81. The summed E-state index contributed by atoms with van der Waals surface area (Å²) in [5.74, 6) is 1.17. The Morgan fingerprint density at radius 2 is 2.06 bits per heavy atom. The molecule has 1 aromatic carbocycles. The van der Waals surface area contributed by atoms with Crippen LogP contribution in [0.3, 0.4) is 0 Å². The second kappa shape index (κ2) is 6.14. The molecule has 16 heavy (non-hydrogen) atoms. The average molecular weight is 219 g/mol. The highest BCUT2D eigenvalue weighted by Gasteiger charge is 2.09. The summed E-state index contributed by atoms with van der Waals surface area (Å²) in [6, 6.07) is 9.67. The van der Waals surface area contributed by atoms with Gasteiger partial charge in [0.25, 0.3) is 0 Å². The molecule has 0 aliphatic carbocycles. The van der Waals surface area contributed by atoms with Gasteiger partial charge in [-0.25, -0.2) is 0 Å². The highest BCUT2D eigenvalue weighted by Crippen LogP contribution is 2.25. The van der Waals surface area contributed by atoms with Crippen molar-refractivity contribution in [3.8, 4) is 11.8 Å². The third-order valence-electron chi connectivity index (χ3n) is 2.30. The first-order valence-corrected chi connectivity index (χ1v) is 5.42. The van der Waals surface area contributed by atoms with E-state index >= 15 is 0 Å². The Balaban J connectivity index is 2.63. The molecule has 86 valence electrons. The fourth-order valence-electron chi connectivity index (χ4n) is 1.44. The summed E-state index contributed by atoms with van der Waals surface area (Å²) >= 11 is 0. The number of aliphatic hydroxyl groups excluding tert-OH is 1. The van der Waals surface area contributed by atoms with Crippen LogP contribution in [0.2, 0.25) is 0 Å². The Bertz CT molecular complexity index is 368. The lowest BCUT2D eigenvalue weighted by atomic mass is 10.0. The Hall–Kier alpha value is -1.53. The molecule has 0 amide bonds. The number of nitriles is 1. The monoisotopic (exact) mass is 219 g/mol. The second-order valence-corrected chi connectivity index (χ2v) is 4.02. The van der Waals surface area contributed by atoms with Crippen molar-refractivity contribution in [3.05, 3.63) is 29.8 Å². The number of ether oxygens (including phenoxy) is 1. The van der Waals surface area contributed by atoms with Crippen molar-refractivity contribution in [2.75, 3.05) is 6.61 Å². The molecule has 0 aromatic heterocycles. The Morgan fingerprint density at radius 1 is 1.38 bits per heavy atom. The summed E-state index contributed by atoms with van der Waals surface area (Å²) in [6.45, 7) is 4.35. The molecule has 0 radical (unpaired) electrons. The lowest BCUT2D eigenvalue weighted by molar-refractivity contribution is 0.110. The van der Waals surface area contributed by atoms with Crippen molar-refractivity contribution in [2.45, 2.75) is 32.3 Å². The van der Waals surface area contributed by atoms with E-state index in [4.69, 9.17) is 10.00 Å². The molecule has 0 bridgehead atoms. The third-order valence-corrected chi connectivity index (χ3v) is 2.30. The largest absolute Gasteiger partial charge is 0.491 e. The normalized spacial score (nSPS) is 12.2. The molecule has 0 spiro atoms. The number of hydrogen-bond donors (Lipinski definition) is 1. The smallest absolute Gasteiger partial charge is 0.122 e. The van der Waals surface area contributed by atoms with E-state index < -0.39 is 6.10 Å². The standard InChI is InChI=1S/C13H17NO2/c1-10(2)12-5-3-4-6-13(12)16-9-11(15)7-8-14/h3-6,10-11,15H,7,9H2,1-2H3. The third kappa shape index (κ3) is 3.56. The van der Waals surface area contributed by atoms with Crippen molar-refractivity contribution in [1.82, 2.24) is 0 Å². The molecule has 1 unspecified atom stereocenters. The molecule has 0 saturated heterocycles. The van der Waals surface area contributed by atoms with Gasteiger partial charge in [0.2, 0.25) is 0 Å². The van der Waals surface area contributed by atoms with Gasteiger partial charge in [-0.1, -0.05) is 32.0 Å². The lowest BCUT2D eigenvalue weighted by Gasteiger charge is -2.15. The van der Waals surface area contributed by atoms with Gasteiger partial charge in [-0.2, -0.15) is 5.26 Å². The van der Waals surface area contributed by atoms with Crippen LogP contribution in [0.15, 0.2) is 24.3 Å². The van der Waals surface area contributed by atoms with E-state index in [1.165, 1.54) is 0 Å². The summed E-state index contributed by atoms with van der Waals surface area (Å²) in [6.07, 6.45) is -0.616. The van der Waals surface area contributed by atoms with Gasteiger partial charge < -0.3 is 9.84 Å². The minimum atomic E-state index is -0.717. The fraction of sp³-hybridized carbons (Fsp3) is 0.462. The van der Waals surface area contributed by atoms with Crippen LogP contribution in [0.5, 0.6) is 5.75 Å². The molecule has 0 saturated carbocycles. The summed E-state index contributed by atoms with van der Waals surface area (Å²) in [5.41, 5.74) is 1.12. The van der Waals surface area contributed by atoms with E-state index in [0.717, 1.165) is 11.3 Å². The highest BCUT2D eigenvalue weighted by molar-refractivity contribution is 5.35. The maximum atomic E-state index is 9.39. The first-order chi connectivity index (χ1) is 7.65. The van der Waals surface area contributed by atoms with E-state index in [9.17, 15) is 5.11 Å². The molecule has 0 fully saturated rings. The van der Waals surface area contributed by atoms with Crippen molar-refractivity contribution >= 4 is 0 Å². The van der Waals surface area contributed by atoms with E-state index in [1.54, 1.807) is 0 Å². The summed E-state index contributed by atoms with van der Waals surface area (Å²) in [7, 11) is 0. The van der Waals surface area contributed by atoms with E-state index in [-0.39, 0.29) is 13.0 Å². The van der Waals surface area contributed by atoms with Crippen LogP contribution in [0.1, 0.15) is 31.7 Å². The molecule has 0 aliphatic heterocycles. The van der Waals surface area contributed by atoms with Gasteiger partial charge >= 0.3 is 0 Å². The molecule has 3 heteroatoms. The minimum Gasteiger partial charge on any atom is -0.491 e. The van der Waals surface area contributed by atoms with Gasteiger partial charge in [0.05, 0.1) is 12.5 Å². The van der Waals surface area contributed by atoms with Crippen molar-refractivity contribution < 1.29 is 9.84 Å². The number of aliphatic hydroxyl groups is 1. The van der Waals surface area contributed by atoms with Crippen LogP contribution in [0.4, 0.5) is 0 Å². The van der Waals surface area contributed by atoms with Crippen LogP contribution in [-0.2, 0) is 0 Å². The van der Waals surface area contributed by atoms with Crippen molar-refractivity contribution in [3.63, 3.8) is 0 Å². The molecule has 0 aliphatic rings. The van der Waals surface area contributed by atoms with Gasteiger partial charge in [-0.15, -0.1) is 0 Å². The molecule has 0 heterocycles. The molecular formula is C13H17NO2. The number of hydrogen-bond acceptors (Lipinski definition) is 3. The SMILES string of the molecule is CC(C)c1ccccc1OCC(O)CC#N. The zero-order valence-electron chi connectivity index (χ0n) is 9.68. The highest BCUT2D eigenvalue weighted by atomic mass is 16.5. The topological polar surface area (TPSA) is 53.2 Å². The number of rotatable bonds is 5. The summed E-state index contributed by atoms with van der Waals surface area (Å²) < 4.78 is 5.51. The van der Waals surface area contributed by atoms with Crippen molar-refractivity contribution in [1.29, 1.82) is 5.26 Å². The second-order valence-electron chi connectivity index (χ2n) is 4.02. The van der Waals surface area contributed by atoms with Gasteiger partial charge in [0.1, 0.15) is 18.5 Å². The van der Waals surface area contributed by atoms with Gasteiger partial charge in [-0.3, -0.25) is 0 Å². The Morgan fingerprint density at radius 3 is 2.69 bits per heavy atom. The molecular weight excluding hydrogens is 202 g/mol. The zero-order chi connectivity index (χ0) is 12.0. The maximum Gasteiger partial charge on any atom is 0.122 e. The van der Waals surface area contributed by atoms with Crippen LogP contribution in [0, 0.1) is 11.3 Å². The molecule has 1 aromatic rings. The molecule has 3 nitrogen and oxygen atoms in total. The molecule has 1 N–H and O–H groups in total. The van der Waals surface area contributed by atoms with Gasteiger partial charge in [-0.05, 0) is 17.5 Å². The minimum absolute atomic E-state index is 0.101. The first kappa shape index (κ1) is 12.5. The van der Waals surface area contributed by atoms with Crippen LogP contribution in [0.25, 0.3) is 0 Å². The van der Waals surface area contributed by atoms with Gasteiger partial charge in [0.15, 0.2) is 0 Å². The van der Waals surface area contributed by atoms with Crippen LogP contribution in [-0.4, -0.2) is 17.8 Å². The molecule has 1 rings (SSSR count). The number of para-hydroxylation sites is 1. The van der Waals surface area contributed by atoms with Crippen molar-refractivity contribution in [2.24, 2.45) is 0 Å². The predicted octanol–water partition coefficient (Wildman–Crippen LogP) is 2.46. The Labute approximate surface area is 96.3 Å². The quantitative estimate of drug-likeness (QED) is 0.827. The zero-order valence-corrected chi connectivity index (χ0v) is 9.68. The van der Waals surface area contributed by atoms with Crippen LogP contribution < -0.4 is 4.74 Å². The van der Waals surface area contributed by atoms with E-state index in [0.29, 0.717) is 5.92 Å². The van der Waals surface area contributed by atoms with Gasteiger partial charge in [0, 0.05) is 0 Å². The lowest BCUT2D eigenvalue weighted by Crippen LogP contribution is -2.17. The maximum absolute atomic E-state index is 9.39. The van der Waals surface area contributed by atoms with E-state index in [1.807, 2.05) is 30.3 Å².